The van der Waals surface area contributed by atoms with Crippen LogP contribution in [0.2, 0.25) is 0 Å². The van der Waals surface area contributed by atoms with Crippen LogP contribution < -0.4 is 21.4 Å². The second kappa shape index (κ2) is 27.1. The van der Waals surface area contributed by atoms with Gasteiger partial charge in [-0.25, -0.2) is 5.43 Å². The molecule has 1 spiro atoms. The molecule has 77 heavy (non-hydrogen) atoms. The zero-order chi connectivity index (χ0) is 56.5. The number of carbonyl (C=O) groups is 6. The van der Waals surface area contributed by atoms with Gasteiger partial charge in [0.15, 0.2) is 0 Å². The lowest BCUT2D eigenvalue weighted by molar-refractivity contribution is -0.320. The van der Waals surface area contributed by atoms with Crippen LogP contribution in [-0.4, -0.2) is 127 Å². The number of hydrogen-bond acceptors (Lipinski definition) is 14. The summed E-state index contributed by atoms with van der Waals surface area (Å²) in [5.74, 6) is -6.09. The fraction of sp³-hybridized carbons (Fsp3) is 0.661. The van der Waals surface area contributed by atoms with Gasteiger partial charge in [0.1, 0.15) is 41.5 Å². The number of nitrogens with one attached hydrogen (secondary N) is 4. The van der Waals surface area contributed by atoms with E-state index in [0.29, 0.717) is 43.2 Å². The van der Waals surface area contributed by atoms with Gasteiger partial charge < -0.3 is 55.8 Å². The number of aliphatic hydroxyl groups is 4. The van der Waals surface area contributed by atoms with Crippen LogP contribution in [0, 0.1) is 54.3 Å². The van der Waals surface area contributed by atoms with E-state index in [1.54, 1.807) is 58.1 Å². The fourth-order valence-electron chi connectivity index (χ4n) is 11.6. The Balaban J connectivity index is 1.19. The van der Waals surface area contributed by atoms with Crippen LogP contribution in [0.1, 0.15) is 143 Å². The molecule has 6 rings (SSSR count). The Kier molecular flexibility index (Phi) is 21.4. The van der Waals surface area contributed by atoms with E-state index in [-0.39, 0.29) is 78.4 Å². The number of aromatic hydroxyl groups is 1. The fourth-order valence-corrected chi connectivity index (χ4v) is 11.6. The predicted octanol–water partition coefficient (Wildman–Crippen LogP) is 5.21. The number of hydrogen-bond donors (Lipinski definition) is 9. The number of carbonyl (C=O) groups excluding carboxylic acids is 6. The molecule has 0 radical (unpaired) electrons. The summed E-state index contributed by atoms with van der Waals surface area (Å²) in [6.45, 7) is 16.0. The number of cyclic esters (lactones) is 1. The molecule has 9 N–H and O–H groups in total. The molecule has 1 saturated carbocycles. The van der Waals surface area contributed by atoms with Crippen LogP contribution >= 0.6 is 0 Å². The van der Waals surface area contributed by atoms with Gasteiger partial charge in [0.2, 0.25) is 17.7 Å². The zero-order valence-electron chi connectivity index (χ0n) is 46.5. The second-order valence-corrected chi connectivity index (χ2v) is 23.1. The van der Waals surface area contributed by atoms with Crippen molar-refractivity contribution < 1.29 is 63.8 Å². The van der Waals surface area contributed by atoms with Crippen LogP contribution in [0.4, 0.5) is 0 Å². The molecule has 5 aliphatic rings. The van der Waals surface area contributed by atoms with Crippen LogP contribution in [-0.2, 0) is 38.2 Å². The van der Waals surface area contributed by atoms with Gasteiger partial charge in [-0.1, -0.05) is 96.2 Å². The van der Waals surface area contributed by atoms with Gasteiger partial charge in [-0.3, -0.25) is 29.0 Å². The molecule has 0 aromatic heterocycles. The number of piperidine rings is 1. The largest absolute Gasteiger partial charge is 0.508 e. The number of amides is 4. The molecule has 1 aromatic rings. The highest BCUT2D eigenvalue weighted by molar-refractivity contribution is 5.93. The Morgan fingerprint density at radius 3 is 2.39 bits per heavy atom. The smallest absolute Gasteiger partial charge is 0.325 e. The Morgan fingerprint density at radius 2 is 1.70 bits per heavy atom. The number of nitrogens with zero attached hydrogens (tertiary/aromatic N) is 1. The molecule has 18 nitrogen and oxygen atoms in total. The maximum Gasteiger partial charge on any atom is 0.325 e. The Morgan fingerprint density at radius 1 is 0.961 bits per heavy atom. The lowest BCUT2D eigenvalue weighted by Crippen LogP contribution is -2.78. The molecule has 18 heteroatoms. The molecule has 1 aromatic carbocycles. The monoisotopic (exact) mass is 1070 g/mol. The number of allylic oxidation sites excluding steroid dienone is 5. The Labute approximate surface area is 454 Å². The van der Waals surface area contributed by atoms with Crippen LogP contribution in [0.25, 0.3) is 0 Å². The van der Waals surface area contributed by atoms with Crippen LogP contribution in [0.5, 0.6) is 5.75 Å². The predicted molar refractivity (Wildman–Crippen MR) is 289 cm³/mol. The Bertz CT molecular complexity index is 2390. The van der Waals surface area contributed by atoms with E-state index in [1.165, 1.54) is 24.1 Å². The average Bonchev–Trinajstić information content (AvgIpc) is 3.39. The number of aryl methyl sites for hydroxylation is 1. The maximum absolute atomic E-state index is 14.6. The molecular weight excluding hydrogens is 987 g/mol. The molecule has 4 aliphatic heterocycles. The topological polar surface area (TPSA) is 273 Å². The average molecular weight is 1070 g/mol. The van der Waals surface area contributed by atoms with Gasteiger partial charge in [0, 0.05) is 55.4 Å². The number of esters is 1. The summed E-state index contributed by atoms with van der Waals surface area (Å²) in [4.78, 5) is 82.2. The third-order valence-electron chi connectivity index (χ3n) is 17.1. The minimum Gasteiger partial charge on any atom is -0.508 e. The zero-order valence-corrected chi connectivity index (χ0v) is 46.5. The summed E-state index contributed by atoms with van der Waals surface area (Å²) >= 11 is 0. The molecule has 1 aliphatic carbocycles. The number of phenolic OH excluding ortho intramolecular Hbond substituents is 1. The molecule has 426 valence electrons. The number of ether oxygens (including phenoxy) is 2. The van der Waals surface area contributed by atoms with Crippen molar-refractivity contribution in [2.45, 2.75) is 193 Å². The quantitative estimate of drug-likeness (QED) is 0.0856. The minimum atomic E-state index is -1.44. The molecular formula is C59H87N5O13. The highest BCUT2D eigenvalue weighted by atomic mass is 16.5. The van der Waals surface area contributed by atoms with Crippen LogP contribution in [0.15, 0.2) is 66.3 Å². The van der Waals surface area contributed by atoms with E-state index in [9.17, 15) is 54.3 Å². The summed E-state index contributed by atoms with van der Waals surface area (Å²) in [5, 5.41) is 66.3. The number of benzene rings is 1. The lowest BCUT2D eigenvalue weighted by atomic mass is 9.55. The maximum atomic E-state index is 14.6. The van der Waals surface area contributed by atoms with Crippen molar-refractivity contribution in [3.8, 4) is 5.75 Å². The Hall–Kier alpha value is -5.24. The number of ketones is 1. The highest BCUT2D eigenvalue weighted by Gasteiger charge is 2.67. The van der Waals surface area contributed by atoms with E-state index in [4.69, 9.17) is 9.47 Å². The van der Waals surface area contributed by atoms with E-state index in [1.807, 2.05) is 45.9 Å². The number of hydrazine groups is 1. The third kappa shape index (κ3) is 14.7. The van der Waals surface area contributed by atoms with E-state index in [0.717, 1.165) is 19.3 Å². The van der Waals surface area contributed by atoms with Crippen molar-refractivity contribution in [3.63, 3.8) is 0 Å². The standard InChI is InChI=1S/C59H87N5O13/c1-10-39-28-41-30-43-53(70)38(9)49(77-59(41,43)62-54(39)71)31-47(68)33(4)18-13-11-14-19-35(6)48-22-16-12-15-21-45(66)37(8)52(69)42(26-24-36(7)65)55(72)60-50(32(2)3)56(73)61-51(40-25-23-34(5)46(67)29-40)57(74)64-27-17-20-44(63-64)58(75)76-48/h11-12,14-16,19,21,23,25,29,32-33,37-39,41-45,47-53,63,66-70H,10,13,17-18,20,22,24,26-28,30-31H2,1-9H3,(H,60,72)(H,61,73)(H,62,71)/b14-11+,16-12+,21-15+,35-19+/t33-,37-,38-,39-,41+,42+,43-,44?,45-,47-,48-,49-,50-,51?,52+,53-,59+/m0/s1. The van der Waals surface area contributed by atoms with Gasteiger partial charge in [-0.05, 0) is 107 Å². The number of Topliss-reactive ketones (excluding diaryl/α,β-unsaturated/α-hetero) is 1. The second-order valence-electron chi connectivity index (χ2n) is 23.1. The molecule has 17 atom stereocenters. The van der Waals surface area contributed by atoms with Gasteiger partial charge >= 0.3 is 5.97 Å². The first-order valence-corrected chi connectivity index (χ1v) is 28.0. The minimum absolute atomic E-state index is 0.0321. The highest BCUT2D eigenvalue weighted by Crippen LogP contribution is 2.57. The molecule has 3 saturated heterocycles. The number of phenols is 1. The summed E-state index contributed by atoms with van der Waals surface area (Å²) in [6, 6.07) is 1.01. The number of fused-ring (bicyclic) bond motifs is 2. The molecule has 4 fully saturated rings. The summed E-state index contributed by atoms with van der Waals surface area (Å²) < 4.78 is 12.9. The number of aliphatic hydroxyl groups excluding tert-OH is 4. The van der Waals surface area contributed by atoms with Crippen LogP contribution in [0.3, 0.4) is 0 Å². The van der Waals surface area contributed by atoms with Crippen molar-refractivity contribution in [2.75, 3.05) is 6.54 Å². The van der Waals surface area contributed by atoms with E-state index >= 15 is 0 Å². The van der Waals surface area contributed by atoms with Gasteiger partial charge in [-0.2, -0.15) is 0 Å². The molecule has 2 bridgehead atoms. The van der Waals surface area contributed by atoms with Crippen molar-refractivity contribution in [3.05, 3.63) is 77.4 Å². The van der Waals surface area contributed by atoms with Crippen molar-refractivity contribution in [1.82, 2.24) is 26.4 Å². The van der Waals surface area contributed by atoms with Crippen molar-refractivity contribution in [2.24, 2.45) is 47.3 Å². The summed E-state index contributed by atoms with van der Waals surface area (Å²) in [6.07, 6.45) is 11.7. The first-order chi connectivity index (χ1) is 36.5. The van der Waals surface area contributed by atoms with Crippen molar-refractivity contribution in [1.29, 1.82) is 0 Å². The summed E-state index contributed by atoms with van der Waals surface area (Å²) in [7, 11) is 0. The molecule has 4 amide bonds. The molecule has 4 heterocycles. The first-order valence-electron chi connectivity index (χ1n) is 28.0. The van der Waals surface area contributed by atoms with E-state index in [2.05, 4.69) is 21.4 Å². The summed E-state index contributed by atoms with van der Waals surface area (Å²) in [5.41, 5.74) is 3.63. The normalized spacial score (nSPS) is 35.6. The van der Waals surface area contributed by atoms with E-state index < -0.39 is 102 Å². The first kappa shape index (κ1) is 61.0. The van der Waals surface area contributed by atoms with Gasteiger partial charge in [-0.15, -0.1) is 0 Å². The SMILES string of the molecule is CC[C@H]1C[C@@H]2C[C@H]3[C@@H](O)[C@@H](C)[C@H](C[C@H](O)[C@@H](C)CC/C=C/C=C(\C)[C@@H]4C/C=C/C=C/[C@H](O)[C@H](C)[C@@H](O)[C@@H](CCC(C)=O)C(=O)N[C@@H](C(C)C)C(=O)NC(c5ccc(C)c(O)c5)C(=O)N5CCCC(N5)C(=O)O4)O[C@]23NC1=O. The molecule has 2 unspecified atom stereocenters. The van der Waals surface area contributed by atoms with Gasteiger partial charge in [0.25, 0.3) is 5.91 Å². The van der Waals surface area contributed by atoms with Crippen molar-refractivity contribution >= 4 is 35.4 Å². The lowest BCUT2D eigenvalue weighted by Gasteiger charge is -2.65. The van der Waals surface area contributed by atoms with Gasteiger partial charge in [0.05, 0.1) is 36.4 Å². The third-order valence-corrected chi connectivity index (χ3v) is 17.1. The number of rotatable bonds is 14.